The highest BCUT2D eigenvalue weighted by atomic mass is 16.6. The lowest BCUT2D eigenvalue weighted by Gasteiger charge is -2.36. The van der Waals surface area contributed by atoms with Crippen LogP contribution in [0.2, 0.25) is 0 Å². The van der Waals surface area contributed by atoms with Gasteiger partial charge in [0, 0.05) is 18.6 Å². The summed E-state index contributed by atoms with van der Waals surface area (Å²) in [6.45, 7) is 9.15. The molecule has 1 aliphatic rings. The Bertz CT molecular complexity index is 153. The van der Waals surface area contributed by atoms with Crippen LogP contribution in [0.3, 0.4) is 0 Å². The molecule has 1 heterocycles. The number of rotatable bonds is 4. The zero-order valence-corrected chi connectivity index (χ0v) is 9.57. The summed E-state index contributed by atoms with van der Waals surface area (Å²) in [5.74, 6) is 0.338. The van der Waals surface area contributed by atoms with E-state index in [1.54, 1.807) is 0 Å². The molecule has 1 aliphatic heterocycles. The highest BCUT2D eigenvalue weighted by Gasteiger charge is 2.26. The van der Waals surface area contributed by atoms with Crippen LogP contribution in [-0.2, 0) is 4.74 Å². The first-order chi connectivity index (χ1) is 6.65. The molecule has 0 aromatic carbocycles. The minimum atomic E-state index is -0.547. The summed E-state index contributed by atoms with van der Waals surface area (Å²) in [6, 6.07) is 0.625. The number of aliphatic hydroxyl groups excluding tert-OH is 1. The zero-order valence-electron chi connectivity index (χ0n) is 9.57. The first kappa shape index (κ1) is 12.0. The van der Waals surface area contributed by atoms with Crippen LogP contribution in [0.5, 0.6) is 0 Å². The molecule has 1 unspecified atom stereocenters. The van der Waals surface area contributed by atoms with E-state index in [0.717, 1.165) is 25.9 Å². The lowest BCUT2D eigenvalue weighted by Crippen LogP contribution is -2.41. The number of nitrogens with zero attached hydrogens (tertiary/aromatic N) is 1. The third kappa shape index (κ3) is 3.23. The van der Waals surface area contributed by atoms with Gasteiger partial charge in [-0.15, -0.1) is 0 Å². The predicted molar refractivity (Wildman–Crippen MR) is 57.1 cm³/mol. The largest absolute Gasteiger partial charge is 0.368 e. The van der Waals surface area contributed by atoms with Crippen molar-refractivity contribution >= 4 is 0 Å². The van der Waals surface area contributed by atoms with Crippen molar-refractivity contribution in [1.82, 2.24) is 4.90 Å². The topological polar surface area (TPSA) is 32.7 Å². The van der Waals surface area contributed by atoms with Crippen molar-refractivity contribution in [3.63, 3.8) is 0 Å². The molecule has 0 aromatic rings. The van der Waals surface area contributed by atoms with E-state index in [0.29, 0.717) is 18.6 Å². The minimum absolute atomic E-state index is 0.338. The lowest BCUT2D eigenvalue weighted by molar-refractivity contribution is -0.141. The summed E-state index contributed by atoms with van der Waals surface area (Å²) in [6.07, 6.45) is 1.56. The first-order valence-electron chi connectivity index (χ1n) is 5.68. The Kier molecular flexibility index (Phi) is 4.85. The molecule has 0 aliphatic carbocycles. The lowest BCUT2D eigenvalue weighted by atomic mass is 9.95. The van der Waals surface area contributed by atoms with Crippen molar-refractivity contribution in [2.45, 2.75) is 45.9 Å². The predicted octanol–water partition coefficient (Wildman–Crippen LogP) is 1.46. The van der Waals surface area contributed by atoms with E-state index in [4.69, 9.17) is 4.74 Å². The second kappa shape index (κ2) is 5.69. The van der Waals surface area contributed by atoms with E-state index in [1.807, 2.05) is 6.92 Å². The van der Waals surface area contributed by atoms with Crippen molar-refractivity contribution in [1.29, 1.82) is 0 Å². The minimum Gasteiger partial charge on any atom is -0.368 e. The summed E-state index contributed by atoms with van der Waals surface area (Å²) in [7, 11) is 0. The molecule has 1 N–H and O–H groups in total. The fraction of sp³-hybridized carbons (Fsp3) is 1.00. The van der Waals surface area contributed by atoms with Gasteiger partial charge in [-0.2, -0.15) is 0 Å². The second-order valence-electron chi connectivity index (χ2n) is 4.31. The number of aliphatic hydroxyl groups is 1. The van der Waals surface area contributed by atoms with E-state index in [-0.39, 0.29) is 0 Å². The molecule has 3 heteroatoms. The summed E-state index contributed by atoms with van der Waals surface area (Å²) < 4.78 is 5.21. The zero-order chi connectivity index (χ0) is 10.6. The second-order valence-corrected chi connectivity index (χ2v) is 4.31. The third-order valence-electron chi connectivity index (χ3n) is 3.05. The van der Waals surface area contributed by atoms with Gasteiger partial charge in [0.1, 0.15) is 0 Å². The maximum atomic E-state index is 9.66. The fourth-order valence-electron chi connectivity index (χ4n) is 2.03. The maximum Gasteiger partial charge on any atom is 0.157 e. The normalized spacial score (nSPS) is 22.9. The van der Waals surface area contributed by atoms with Gasteiger partial charge >= 0.3 is 0 Å². The van der Waals surface area contributed by atoms with Crippen molar-refractivity contribution < 1.29 is 9.84 Å². The Hall–Kier alpha value is -0.120. The molecule has 1 fully saturated rings. The van der Waals surface area contributed by atoms with E-state index in [2.05, 4.69) is 18.7 Å². The van der Waals surface area contributed by atoms with Crippen LogP contribution >= 0.6 is 0 Å². The highest BCUT2D eigenvalue weighted by Crippen LogP contribution is 2.22. The van der Waals surface area contributed by atoms with E-state index >= 15 is 0 Å². The average molecular weight is 201 g/mol. The van der Waals surface area contributed by atoms with Crippen LogP contribution in [0.1, 0.15) is 33.6 Å². The average Bonchev–Trinajstić information content (AvgIpc) is 2.18. The highest BCUT2D eigenvalue weighted by molar-refractivity contribution is 4.75. The van der Waals surface area contributed by atoms with Gasteiger partial charge in [-0.25, -0.2) is 0 Å². The molecule has 0 radical (unpaired) electrons. The number of piperidine rings is 1. The van der Waals surface area contributed by atoms with Crippen LogP contribution in [0.4, 0.5) is 0 Å². The van der Waals surface area contributed by atoms with Gasteiger partial charge in [-0.1, -0.05) is 0 Å². The van der Waals surface area contributed by atoms with E-state index in [9.17, 15) is 5.11 Å². The number of likely N-dealkylation sites (tertiary alicyclic amines) is 1. The summed E-state index contributed by atoms with van der Waals surface area (Å²) in [4.78, 5) is 2.45. The standard InChI is InChI=1S/C11H23NO2/c1-4-14-11(13)10-5-7-12(8-6-10)9(2)3/h9-11,13H,4-8H2,1-3H3. The quantitative estimate of drug-likeness (QED) is 0.699. The Morgan fingerprint density at radius 3 is 2.36 bits per heavy atom. The summed E-state index contributed by atoms with van der Waals surface area (Å²) in [5.41, 5.74) is 0. The molecular weight excluding hydrogens is 178 g/mol. The van der Waals surface area contributed by atoms with Crippen molar-refractivity contribution in [2.75, 3.05) is 19.7 Å². The molecule has 3 nitrogen and oxygen atoms in total. The number of ether oxygens (including phenoxy) is 1. The Morgan fingerprint density at radius 2 is 1.93 bits per heavy atom. The van der Waals surface area contributed by atoms with Gasteiger partial charge < -0.3 is 14.7 Å². The third-order valence-corrected chi connectivity index (χ3v) is 3.05. The van der Waals surface area contributed by atoms with Crippen LogP contribution in [0.15, 0.2) is 0 Å². The van der Waals surface area contributed by atoms with Crippen molar-refractivity contribution in [3.05, 3.63) is 0 Å². The van der Waals surface area contributed by atoms with Crippen molar-refractivity contribution in [2.24, 2.45) is 5.92 Å². The Balaban J connectivity index is 2.28. The van der Waals surface area contributed by atoms with Gasteiger partial charge in [-0.3, -0.25) is 0 Å². The molecule has 84 valence electrons. The van der Waals surface area contributed by atoms with Gasteiger partial charge in [0.2, 0.25) is 0 Å². The fourth-order valence-corrected chi connectivity index (χ4v) is 2.03. The molecule has 1 rings (SSSR count). The van der Waals surface area contributed by atoms with Gasteiger partial charge in [0.15, 0.2) is 6.29 Å². The molecule has 0 spiro atoms. The molecule has 0 amide bonds. The van der Waals surface area contributed by atoms with Gasteiger partial charge in [0.05, 0.1) is 0 Å². The molecule has 1 saturated heterocycles. The van der Waals surface area contributed by atoms with Crippen LogP contribution in [0.25, 0.3) is 0 Å². The first-order valence-corrected chi connectivity index (χ1v) is 5.68. The smallest absolute Gasteiger partial charge is 0.157 e. The molecule has 1 atom stereocenters. The number of hydrogen-bond acceptors (Lipinski definition) is 3. The van der Waals surface area contributed by atoms with Crippen molar-refractivity contribution in [3.8, 4) is 0 Å². The van der Waals surface area contributed by atoms with Crippen LogP contribution < -0.4 is 0 Å². The maximum absolute atomic E-state index is 9.66. The van der Waals surface area contributed by atoms with E-state index in [1.165, 1.54) is 0 Å². The Morgan fingerprint density at radius 1 is 1.36 bits per heavy atom. The molecule has 0 saturated carbocycles. The van der Waals surface area contributed by atoms with E-state index < -0.39 is 6.29 Å². The summed E-state index contributed by atoms with van der Waals surface area (Å²) in [5, 5.41) is 9.66. The van der Waals surface area contributed by atoms with Gasteiger partial charge in [0.25, 0.3) is 0 Å². The molecule has 14 heavy (non-hydrogen) atoms. The number of hydrogen-bond donors (Lipinski definition) is 1. The van der Waals surface area contributed by atoms with Crippen LogP contribution in [-0.4, -0.2) is 42.0 Å². The SMILES string of the molecule is CCOC(O)C1CCN(C(C)C)CC1. The monoisotopic (exact) mass is 201 g/mol. The molecule has 0 aromatic heterocycles. The Labute approximate surface area is 87.1 Å². The molecule has 0 bridgehead atoms. The van der Waals surface area contributed by atoms with Crippen LogP contribution in [0, 0.1) is 5.92 Å². The van der Waals surface area contributed by atoms with Gasteiger partial charge in [-0.05, 0) is 46.7 Å². The summed E-state index contributed by atoms with van der Waals surface area (Å²) >= 11 is 0. The molecular formula is C11H23NO2.